The number of para-hydroxylation sites is 1. The second-order valence-corrected chi connectivity index (χ2v) is 7.58. The van der Waals surface area contributed by atoms with Crippen LogP contribution in [0.2, 0.25) is 0 Å². The molecular formula is C18H16BrN3O2S. The van der Waals surface area contributed by atoms with Crippen molar-refractivity contribution in [2.24, 2.45) is 4.99 Å². The molecule has 2 aromatic carbocycles. The van der Waals surface area contributed by atoms with Crippen molar-refractivity contribution in [3.8, 4) is 0 Å². The topological polar surface area (TPSA) is 61.8 Å². The lowest BCUT2D eigenvalue weighted by atomic mass is 10.2. The second kappa shape index (κ2) is 7.84. The number of aliphatic imine (C=N–C) groups is 1. The van der Waals surface area contributed by atoms with Gasteiger partial charge in [0.15, 0.2) is 5.17 Å². The van der Waals surface area contributed by atoms with Gasteiger partial charge < -0.3 is 5.32 Å². The predicted octanol–water partition coefficient (Wildman–Crippen LogP) is 4.04. The molecule has 2 aromatic rings. The number of benzene rings is 2. The van der Waals surface area contributed by atoms with Crippen LogP contribution >= 0.6 is 27.7 Å². The molecule has 1 aliphatic heterocycles. The van der Waals surface area contributed by atoms with Crippen LogP contribution in [0.1, 0.15) is 6.42 Å². The Labute approximate surface area is 158 Å². The number of amides is 2. The first kappa shape index (κ1) is 17.7. The van der Waals surface area contributed by atoms with Gasteiger partial charge in [-0.25, -0.2) is 4.99 Å². The molecule has 25 heavy (non-hydrogen) atoms. The molecule has 3 rings (SSSR count). The highest BCUT2D eigenvalue weighted by molar-refractivity contribution is 9.10. The Balaban J connectivity index is 1.66. The fraction of sp³-hybridized carbons (Fsp3) is 0.167. The van der Waals surface area contributed by atoms with E-state index in [1.54, 1.807) is 7.05 Å². The Bertz CT molecular complexity index is 809. The van der Waals surface area contributed by atoms with Crippen LogP contribution in [0.25, 0.3) is 0 Å². The summed E-state index contributed by atoms with van der Waals surface area (Å²) in [6.07, 6.45) is 0.113. The lowest BCUT2D eigenvalue weighted by Crippen LogP contribution is -2.30. The monoisotopic (exact) mass is 417 g/mol. The molecule has 0 radical (unpaired) electrons. The first-order valence-corrected chi connectivity index (χ1v) is 9.33. The van der Waals surface area contributed by atoms with Gasteiger partial charge in [-0.15, -0.1) is 0 Å². The van der Waals surface area contributed by atoms with Crippen molar-refractivity contribution in [3.63, 3.8) is 0 Å². The van der Waals surface area contributed by atoms with E-state index < -0.39 is 5.25 Å². The number of thioether (sulfide) groups is 1. The first-order chi connectivity index (χ1) is 12.0. The number of anilines is 1. The van der Waals surface area contributed by atoms with Gasteiger partial charge in [0.2, 0.25) is 11.8 Å². The van der Waals surface area contributed by atoms with Gasteiger partial charge in [-0.05, 0) is 36.4 Å². The Morgan fingerprint density at radius 3 is 2.56 bits per heavy atom. The maximum atomic E-state index is 12.4. The third-order valence-corrected chi connectivity index (χ3v) is 5.38. The molecule has 0 bridgehead atoms. The molecule has 1 N–H and O–H groups in total. The lowest BCUT2D eigenvalue weighted by Gasteiger charge is -2.09. The molecule has 7 heteroatoms. The summed E-state index contributed by atoms with van der Waals surface area (Å²) in [5.74, 6) is -0.292. The van der Waals surface area contributed by atoms with Crippen LogP contribution in [-0.2, 0) is 9.59 Å². The van der Waals surface area contributed by atoms with Crippen molar-refractivity contribution in [2.75, 3.05) is 12.4 Å². The molecule has 1 aliphatic rings. The number of amidine groups is 1. The largest absolute Gasteiger partial charge is 0.326 e. The van der Waals surface area contributed by atoms with E-state index >= 15 is 0 Å². The van der Waals surface area contributed by atoms with Crippen LogP contribution in [0.15, 0.2) is 64.1 Å². The highest BCUT2D eigenvalue weighted by atomic mass is 79.9. The quantitative estimate of drug-likeness (QED) is 0.816. The van der Waals surface area contributed by atoms with Crippen molar-refractivity contribution in [2.45, 2.75) is 11.7 Å². The van der Waals surface area contributed by atoms with E-state index in [2.05, 4.69) is 26.2 Å². The van der Waals surface area contributed by atoms with Crippen LogP contribution in [0.3, 0.4) is 0 Å². The van der Waals surface area contributed by atoms with Gasteiger partial charge in [0, 0.05) is 23.6 Å². The van der Waals surface area contributed by atoms with Gasteiger partial charge in [-0.2, -0.15) is 0 Å². The number of halogens is 1. The molecule has 5 nitrogen and oxygen atoms in total. The number of rotatable bonds is 4. The molecule has 1 fully saturated rings. The molecule has 0 unspecified atom stereocenters. The van der Waals surface area contributed by atoms with E-state index in [4.69, 9.17) is 0 Å². The highest BCUT2D eigenvalue weighted by Gasteiger charge is 2.36. The summed E-state index contributed by atoms with van der Waals surface area (Å²) in [6.45, 7) is 0. The summed E-state index contributed by atoms with van der Waals surface area (Å²) >= 11 is 4.70. The zero-order valence-electron chi connectivity index (χ0n) is 13.5. The minimum absolute atomic E-state index is 0.107. The van der Waals surface area contributed by atoms with Gasteiger partial charge in [-0.1, -0.05) is 45.9 Å². The summed E-state index contributed by atoms with van der Waals surface area (Å²) in [6, 6.07) is 16.7. The molecule has 128 valence electrons. The van der Waals surface area contributed by atoms with Crippen molar-refractivity contribution in [1.82, 2.24) is 4.90 Å². The summed E-state index contributed by atoms with van der Waals surface area (Å²) < 4.78 is 0.968. The van der Waals surface area contributed by atoms with Crippen molar-refractivity contribution in [3.05, 3.63) is 59.1 Å². The van der Waals surface area contributed by atoms with E-state index in [9.17, 15) is 9.59 Å². The van der Waals surface area contributed by atoms with Crippen LogP contribution in [0.4, 0.5) is 11.4 Å². The lowest BCUT2D eigenvalue weighted by molar-refractivity contribution is -0.127. The van der Waals surface area contributed by atoms with Gasteiger partial charge in [0.05, 0.1) is 5.69 Å². The molecule has 2 amide bonds. The zero-order chi connectivity index (χ0) is 17.8. The maximum Gasteiger partial charge on any atom is 0.242 e. The normalized spacial score (nSPS) is 18.6. The number of hydrogen-bond donors (Lipinski definition) is 1. The van der Waals surface area contributed by atoms with Crippen LogP contribution in [0.5, 0.6) is 0 Å². The molecule has 0 saturated carbocycles. The summed E-state index contributed by atoms with van der Waals surface area (Å²) in [7, 11) is 1.68. The van der Waals surface area contributed by atoms with Gasteiger partial charge in [-0.3, -0.25) is 14.5 Å². The fourth-order valence-electron chi connectivity index (χ4n) is 2.33. The summed E-state index contributed by atoms with van der Waals surface area (Å²) in [5, 5.41) is 2.95. The second-order valence-electron chi connectivity index (χ2n) is 5.49. The average molecular weight is 418 g/mol. The standard InChI is InChI=1S/C18H16BrN3O2S/c1-22-17(24)15(11-16(23)20-13-5-3-2-4-6-13)25-18(22)21-14-9-7-12(19)8-10-14/h2-10,15H,11H2,1H3,(H,20,23)/t15-/m0/s1. The Morgan fingerprint density at radius 1 is 1.20 bits per heavy atom. The van der Waals surface area contributed by atoms with Gasteiger partial charge in [0.1, 0.15) is 5.25 Å². The smallest absolute Gasteiger partial charge is 0.242 e. The van der Waals surface area contributed by atoms with Crippen LogP contribution in [0, 0.1) is 0 Å². The minimum atomic E-state index is -0.456. The van der Waals surface area contributed by atoms with E-state index in [0.29, 0.717) is 5.17 Å². The number of carbonyl (C=O) groups is 2. The third kappa shape index (κ3) is 4.49. The molecule has 0 aliphatic carbocycles. The fourth-order valence-corrected chi connectivity index (χ4v) is 3.74. The predicted molar refractivity (Wildman–Crippen MR) is 105 cm³/mol. The Kier molecular flexibility index (Phi) is 5.55. The van der Waals surface area contributed by atoms with E-state index in [1.165, 1.54) is 16.7 Å². The molecular weight excluding hydrogens is 402 g/mol. The van der Waals surface area contributed by atoms with Crippen molar-refractivity contribution >= 4 is 56.0 Å². The number of nitrogens with zero attached hydrogens (tertiary/aromatic N) is 2. The van der Waals surface area contributed by atoms with Crippen LogP contribution in [-0.4, -0.2) is 34.2 Å². The van der Waals surface area contributed by atoms with E-state index in [1.807, 2.05) is 54.6 Å². The molecule has 1 heterocycles. The van der Waals surface area contributed by atoms with E-state index in [-0.39, 0.29) is 18.2 Å². The number of nitrogens with one attached hydrogen (secondary N) is 1. The third-order valence-electron chi connectivity index (χ3n) is 3.62. The summed E-state index contributed by atoms with van der Waals surface area (Å²) in [5.41, 5.74) is 1.49. The number of carbonyl (C=O) groups excluding carboxylic acids is 2. The van der Waals surface area contributed by atoms with Crippen molar-refractivity contribution in [1.29, 1.82) is 0 Å². The molecule has 1 saturated heterocycles. The first-order valence-electron chi connectivity index (χ1n) is 7.66. The van der Waals surface area contributed by atoms with Gasteiger partial charge >= 0.3 is 0 Å². The Hall–Kier alpha value is -2.12. The highest BCUT2D eigenvalue weighted by Crippen LogP contribution is 2.31. The van der Waals surface area contributed by atoms with Crippen molar-refractivity contribution < 1.29 is 9.59 Å². The molecule has 1 atom stereocenters. The maximum absolute atomic E-state index is 12.4. The minimum Gasteiger partial charge on any atom is -0.326 e. The van der Waals surface area contributed by atoms with E-state index in [0.717, 1.165) is 15.8 Å². The molecule has 0 aromatic heterocycles. The Morgan fingerprint density at radius 2 is 1.88 bits per heavy atom. The zero-order valence-corrected chi connectivity index (χ0v) is 15.9. The molecule has 0 spiro atoms. The summed E-state index contributed by atoms with van der Waals surface area (Å²) in [4.78, 5) is 30.6. The van der Waals surface area contributed by atoms with Gasteiger partial charge in [0.25, 0.3) is 0 Å². The van der Waals surface area contributed by atoms with Crippen LogP contribution < -0.4 is 5.32 Å². The SMILES string of the molecule is CN1C(=O)[C@H](CC(=O)Nc2ccccc2)SC1=Nc1ccc(Br)cc1. The number of hydrogen-bond acceptors (Lipinski definition) is 4. The average Bonchev–Trinajstić information content (AvgIpc) is 2.86.